The van der Waals surface area contributed by atoms with Crippen molar-refractivity contribution in [3.8, 4) is 0 Å². The number of ether oxygens (including phenoxy) is 6. The molecule has 0 radical (unpaired) electrons. The third-order valence-electron chi connectivity index (χ3n) is 11.9. The summed E-state index contributed by atoms with van der Waals surface area (Å²) in [6.45, 7) is 15.3. The fraction of sp³-hybridized carbons (Fsp3) is 0.946. The number of methoxy groups -OCH3 is 1. The van der Waals surface area contributed by atoms with Crippen molar-refractivity contribution < 1.29 is 68.6 Å². The highest BCUT2D eigenvalue weighted by Gasteiger charge is 2.57. The number of aliphatic hydroxyl groups is 6. The number of likely N-dealkylation sites (N-methyl/N-ethyl adjacent to an activating group) is 1. The number of esters is 1. The SMILES string of the molecule is CC[C@H]1OC(=O)[C@@](C)(O)[C@@H](OC2C[C@@](C)(OC)[C@@H](O)[C@H](C)O2)[C@H](C)[C@@H](OC2O[C@@H](C)C[C@@H](N(C)C)[C@@H]2O)[C@](C)(O)C[C@@H](C)C(=O)[C@H](C)[C@@H](O)[C@]1(C)O. The van der Waals surface area contributed by atoms with Gasteiger partial charge in [-0.25, -0.2) is 4.79 Å². The van der Waals surface area contributed by atoms with E-state index in [9.17, 15) is 40.2 Å². The molecular formula is C37H67NO14. The van der Waals surface area contributed by atoms with Crippen LogP contribution in [0.1, 0.15) is 94.9 Å². The molecule has 15 nitrogen and oxygen atoms in total. The van der Waals surface area contributed by atoms with Crippen LogP contribution in [-0.4, -0.2) is 158 Å². The highest BCUT2D eigenvalue weighted by molar-refractivity contribution is 5.83. The second-order valence-corrected chi connectivity index (χ2v) is 16.8. The molecule has 0 aromatic rings. The fourth-order valence-corrected chi connectivity index (χ4v) is 8.44. The molecule has 3 heterocycles. The van der Waals surface area contributed by atoms with E-state index in [1.54, 1.807) is 34.6 Å². The molecule has 6 N–H and O–H groups in total. The molecule has 304 valence electrons. The molecule has 0 aliphatic carbocycles. The minimum atomic E-state index is -2.53. The summed E-state index contributed by atoms with van der Waals surface area (Å²) in [5, 5.41) is 69.9. The molecule has 3 saturated heterocycles. The highest BCUT2D eigenvalue weighted by Crippen LogP contribution is 2.41. The zero-order valence-corrected chi connectivity index (χ0v) is 33.3. The summed E-state index contributed by atoms with van der Waals surface area (Å²) in [5.74, 6) is -4.85. The van der Waals surface area contributed by atoms with Crippen LogP contribution in [0.2, 0.25) is 0 Å². The van der Waals surface area contributed by atoms with E-state index in [2.05, 4.69) is 0 Å². The van der Waals surface area contributed by atoms with Crippen molar-refractivity contribution in [1.29, 1.82) is 0 Å². The summed E-state index contributed by atoms with van der Waals surface area (Å²) < 4.78 is 36.6. The summed E-state index contributed by atoms with van der Waals surface area (Å²) in [5.41, 5.74) is -7.72. The maximum Gasteiger partial charge on any atom is 0.340 e. The standard InChI is InChI=1S/C37H67NO14/c1-14-24-36(9,45)28(41)20(4)26(39)18(2)16-34(7,44)30(52-32-27(40)23(38(11)12)15-19(3)48-32)21(5)31(37(10,46)33(43)50-24)51-25-17-35(8,47-13)29(42)22(6)49-25/h18-25,27-32,40-42,44-46H,14-17H2,1-13H3/t18-,19+,20+,21-,22+,23-,24-,25?,27+,28-,29+,30-,31+,32?,34-,35-,36-,37+/m1/s1. The Kier molecular flexibility index (Phi) is 14.6. The van der Waals surface area contributed by atoms with Gasteiger partial charge in [0.05, 0.1) is 35.6 Å². The molecule has 0 aromatic carbocycles. The number of carbonyl (C=O) groups is 2. The van der Waals surface area contributed by atoms with Crippen molar-refractivity contribution in [3.05, 3.63) is 0 Å². The van der Waals surface area contributed by atoms with E-state index in [0.29, 0.717) is 6.42 Å². The van der Waals surface area contributed by atoms with Gasteiger partial charge in [-0.15, -0.1) is 0 Å². The van der Waals surface area contributed by atoms with Gasteiger partial charge in [-0.2, -0.15) is 0 Å². The normalized spacial score (nSPS) is 50.5. The Morgan fingerprint density at radius 2 is 1.46 bits per heavy atom. The Labute approximate surface area is 308 Å². The number of aliphatic hydroxyl groups excluding tert-OH is 3. The molecule has 0 spiro atoms. The number of nitrogens with zero attached hydrogens (tertiary/aromatic N) is 1. The minimum Gasteiger partial charge on any atom is -0.457 e. The summed E-state index contributed by atoms with van der Waals surface area (Å²) >= 11 is 0. The van der Waals surface area contributed by atoms with Crippen LogP contribution in [0.15, 0.2) is 0 Å². The lowest BCUT2D eigenvalue weighted by Crippen LogP contribution is -2.64. The van der Waals surface area contributed by atoms with Crippen LogP contribution in [0.5, 0.6) is 0 Å². The van der Waals surface area contributed by atoms with Crippen molar-refractivity contribution in [2.24, 2.45) is 17.8 Å². The van der Waals surface area contributed by atoms with Crippen molar-refractivity contribution in [3.63, 3.8) is 0 Å². The van der Waals surface area contributed by atoms with E-state index in [4.69, 9.17) is 28.4 Å². The lowest BCUT2D eigenvalue weighted by atomic mass is 9.73. The van der Waals surface area contributed by atoms with Gasteiger partial charge < -0.3 is 64.0 Å². The molecule has 0 bridgehead atoms. The monoisotopic (exact) mass is 749 g/mol. The number of cyclic esters (lactones) is 1. The lowest BCUT2D eigenvalue weighted by molar-refractivity contribution is -0.326. The van der Waals surface area contributed by atoms with E-state index < -0.39 is 107 Å². The maximum atomic E-state index is 14.1. The molecule has 3 aliphatic heterocycles. The smallest absolute Gasteiger partial charge is 0.340 e. The van der Waals surface area contributed by atoms with E-state index in [0.717, 1.165) is 0 Å². The Morgan fingerprint density at radius 3 is 2.00 bits per heavy atom. The number of ketones is 1. The van der Waals surface area contributed by atoms with Crippen LogP contribution in [0, 0.1) is 17.8 Å². The molecule has 0 aromatic heterocycles. The van der Waals surface area contributed by atoms with Crippen LogP contribution in [0.25, 0.3) is 0 Å². The van der Waals surface area contributed by atoms with Gasteiger partial charge in [0.2, 0.25) is 0 Å². The van der Waals surface area contributed by atoms with E-state index >= 15 is 0 Å². The molecule has 52 heavy (non-hydrogen) atoms. The first-order valence-electron chi connectivity index (χ1n) is 18.6. The van der Waals surface area contributed by atoms with Crippen molar-refractivity contribution in [2.75, 3.05) is 21.2 Å². The fourth-order valence-electron chi connectivity index (χ4n) is 8.44. The summed E-state index contributed by atoms with van der Waals surface area (Å²) in [7, 11) is 5.06. The van der Waals surface area contributed by atoms with Gasteiger partial charge in [0.1, 0.15) is 35.8 Å². The van der Waals surface area contributed by atoms with Gasteiger partial charge in [0.15, 0.2) is 18.2 Å². The second-order valence-electron chi connectivity index (χ2n) is 16.8. The topological polar surface area (TPSA) is 214 Å². The summed E-state index contributed by atoms with van der Waals surface area (Å²) in [6, 6.07) is -0.380. The molecule has 18 atom stereocenters. The summed E-state index contributed by atoms with van der Waals surface area (Å²) in [6.07, 6.45) is -11.6. The Bertz CT molecular complexity index is 1210. The zero-order valence-electron chi connectivity index (χ0n) is 33.3. The largest absolute Gasteiger partial charge is 0.457 e. The summed E-state index contributed by atoms with van der Waals surface area (Å²) in [4.78, 5) is 29.8. The molecule has 15 heteroatoms. The average Bonchev–Trinajstić information content (AvgIpc) is 3.05. The van der Waals surface area contributed by atoms with Gasteiger partial charge in [0, 0.05) is 37.3 Å². The Hall–Kier alpha value is -1.34. The van der Waals surface area contributed by atoms with Gasteiger partial charge in [-0.05, 0) is 74.9 Å². The number of carbonyl (C=O) groups excluding carboxylic acids is 2. The molecule has 2 unspecified atom stereocenters. The van der Waals surface area contributed by atoms with Crippen LogP contribution in [0.3, 0.4) is 0 Å². The highest BCUT2D eigenvalue weighted by atomic mass is 16.7. The van der Waals surface area contributed by atoms with E-state index in [-0.39, 0.29) is 31.4 Å². The number of hydrogen-bond donors (Lipinski definition) is 6. The minimum absolute atomic E-state index is 0.0132. The molecule has 0 saturated carbocycles. The maximum absolute atomic E-state index is 14.1. The first-order chi connectivity index (χ1) is 23.8. The third-order valence-corrected chi connectivity index (χ3v) is 11.9. The number of Topliss-reactive ketones (excluding diaryl/α,β-unsaturated/α-hetero) is 1. The second kappa shape index (κ2) is 16.8. The van der Waals surface area contributed by atoms with Crippen LogP contribution >= 0.6 is 0 Å². The van der Waals surface area contributed by atoms with Gasteiger partial charge in [-0.3, -0.25) is 4.79 Å². The Morgan fingerprint density at radius 1 is 0.865 bits per heavy atom. The van der Waals surface area contributed by atoms with E-state index in [1.807, 2.05) is 25.9 Å². The van der Waals surface area contributed by atoms with Crippen LogP contribution in [-0.2, 0) is 38.0 Å². The molecule has 3 rings (SSSR count). The van der Waals surface area contributed by atoms with Crippen molar-refractivity contribution in [1.82, 2.24) is 4.90 Å². The predicted molar refractivity (Wildman–Crippen MR) is 188 cm³/mol. The molecule has 3 fully saturated rings. The van der Waals surface area contributed by atoms with Gasteiger partial charge in [-0.1, -0.05) is 27.7 Å². The van der Waals surface area contributed by atoms with Crippen LogP contribution < -0.4 is 0 Å². The van der Waals surface area contributed by atoms with Gasteiger partial charge >= 0.3 is 5.97 Å². The van der Waals surface area contributed by atoms with Gasteiger partial charge in [0.25, 0.3) is 0 Å². The lowest BCUT2D eigenvalue weighted by Gasteiger charge is -2.50. The molecular weight excluding hydrogens is 682 g/mol. The van der Waals surface area contributed by atoms with Crippen molar-refractivity contribution >= 4 is 11.8 Å². The first kappa shape index (κ1) is 45.1. The number of rotatable bonds is 7. The van der Waals surface area contributed by atoms with Crippen LogP contribution in [0.4, 0.5) is 0 Å². The quantitative estimate of drug-likeness (QED) is 0.200. The Balaban J connectivity index is 2.24. The molecule has 0 amide bonds. The third kappa shape index (κ3) is 9.19. The van der Waals surface area contributed by atoms with E-state index in [1.165, 1.54) is 34.8 Å². The predicted octanol–water partition coefficient (Wildman–Crippen LogP) is 0.901. The van der Waals surface area contributed by atoms with Crippen molar-refractivity contribution in [2.45, 2.75) is 185 Å². The average molecular weight is 750 g/mol. The molecule has 3 aliphatic rings. The zero-order chi connectivity index (χ0) is 39.9. The first-order valence-corrected chi connectivity index (χ1v) is 18.6. The number of hydrogen-bond acceptors (Lipinski definition) is 15.